The van der Waals surface area contributed by atoms with Crippen LogP contribution >= 0.6 is 7.60 Å². The van der Waals surface area contributed by atoms with Crippen LogP contribution in [0.15, 0.2) is 24.3 Å². The second kappa shape index (κ2) is 20.6. The first kappa shape index (κ1) is 34.6. The lowest BCUT2D eigenvalue weighted by atomic mass is 10.0. The third-order valence-electron chi connectivity index (χ3n) is 6.53. The van der Waals surface area contributed by atoms with Crippen LogP contribution in [0.25, 0.3) is 0 Å². The summed E-state index contributed by atoms with van der Waals surface area (Å²) in [6, 6.07) is 0. The van der Waals surface area contributed by atoms with Gasteiger partial charge in [0.1, 0.15) is 6.54 Å². The number of rotatable bonds is 24. The molecule has 0 radical (unpaired) electrons. The summed E-state index contributed by atoms with van der Waals surface area (Å²) >= 11 is 0. The number of hydrogen-bond donors (Lipinski definition) is 3. The van der Waals surface area contributed by atoms with E-state index in [1.54, 1.807) is 0 Å². The van der Waals surface area contributed by atoms with Gasteiger partial charge >= 0.3 is 7.60 Å². The van der Waals surface area contributed by atoms with Gasteiger partial charge in [0.2, 0.25) is 5.34 Å². The van der Waals surface area contributed by atoms with Crippen molar-refractivity contribution in [1.29, 1.82) is 0 Å². The monoisotopic (exact) mass is 516 g/mol. The molecule has 0 rings (SSSR count). The topological polar surface area (TPSA) is 77.8 Å². The maximum absolute atomic E-state index is 11.8. The minimum absolute atomic E-state index is 0.0594. The molecule has 0 saturated carbocycles. The predicted octanol–water partition coefficient (Wildman–Crippen LogP) is 8.10. The van der Waals surface area contributed by atoms with Crippen LogP contribution in [0.2, 0.25) is 0 Å². The standard InChI is InChI=1S/C29H58NO4P/c1-5-6-7-8-9-10-11-12-13-14-15-16-17-18-19-20-21-22-23-24-25-26-27-29(31,35(32,33)34)28-30(2,3)4/h6-7,15-16,31H,5,8-14,17-28H2,1-4H3,(H-,32,33,34)/p+1/b7-6-,16-15-. The van der Waals surface area contributed by atoms with Gasteiger partial charge in [-0.25, -0.2) is 0 Å². The van der Waals surface area contributed by atoms with Crippen molar-refractivity contribution in [3.05, 3.63) is 24.3 Å². The fourth-order valence-corrected chi connectivity index (χ4v) is 5.62. The molecule has 0 aromatic heterocycles. The molecule has 208 valence electrons. The van der Waals surface area contributed by atoms with Crippen LogP contribution in [0.3, 0.4) is 0 Å². The van der Waals surface area contributed by atoms with E-state index < -0.39 is 12.9 Å². The van der Waals surface area contributed by atoms with Crippen LogP contribution in [-0.4, -0.2) is 52.4 Å². The molecule has 0 spiro atoms. The lowest BCUT2D eigenvalue weighted by Crippen LogP contribution is -2.49. The van der Waals surface area contributed by atoms with Crippen molar-refractivity contribution in [2.75, 3.05) is 27.7 Å². The highest BCUT2D eigenvalue weighted by Crippen LogP contribution is 2.52. The summed E-state index contributed by atoms with van der Waals surface area (Å²) in [6.45, 7) is 2.25. The van der Waals surface area contributed by atoms with Gasteiger partial charge in [0.05, 0.1) is 21.1 Å². The van der Waals surface area contributed by atoms with E-state index in [2.05, 4.69) is 31.2 Å². The second-order valence-electron chi connectivity index (χ2n) is 11.4. The quantitative estimate of drug-likeness (QED) is 0.0524. The number of quaternary nitrogens is 1. The summed E-state index contributed by atoms with van der Waals surface area (Å²) in [5.74, 6) is 0. The Morgan fingerprint density at radius 1 is 0.629 bits per heavy atom. The van der Waals surface area contributed by atoms with Crippen molar-refractivity contribution in [3.63, 3.8) is 0 Å². The average molecular weight is 517 g/mol. The first-order valence-corrected chi connectivity index (χ1v) is 16.0. The van der Waals surface area contributed by atoms with Crippen molar-refractivity contribution >= 4 is 7.60 Å². The molecule has 0 amide bonds. The number of likely N-dealkylation sites (N-methyl/N-ethyl adjacent to an activating group) is 1. The molecule has 1 atom stereocenters. The van der Waals surface area contributed by atoms with Gasteiger partial charge in [-0.2, -0.15) is 0 Å². The van der Waals surface area contributed by atoms with E-state index in [9.17, 15) is 19.5 Å². The molecule has 0 fully saturated rings. The van der Waals surface area contributed by atoms with Gasteiger partial charge < -0.3 is 19.4 Å². The van der Waals surface area contributed by atoms with Crippen molar-refractivity contribution in [2.45, 2.75) is 134 Å². The lowest BCUT2D eigenvalue weighted by molar-refractivity contribution is -0.875. The van der Waals surface area contributed by atoms with E-state index >= 15 is 0 Å². The highest BCUT2D eigenvalue weighted by molar-refractivity contribution is 7.53. The molecule has 1 unspecified atom stereocenters. The Kier molecular flexibility index (Phi) is 20.3. The zero-order valence-corrected chi connectivity index (χ0v) is 24.5. The average Bonchev–Trinajstić information content (AvgIpc) is 2.75. The van der Waals surface area contributed by atoms with Crippen LogP contribution < -0.4 is 0 Å². The third kappa shape index (κ3) is 21.4. The zero-order valence-electron chi connectivity index (χ0n) is 23.6. The van der Waals surface area contributed by atoms with E-state index in [1.165, 1.54) is 89.9 Å². The minimum Gasteiger partial charge on any atom is -0.373 e. The summed E-state index contributed by atoms with van der Waals surface area (Å²) in [6.07, 6.45) is 31.3. The Morgan fingerprint density at radius 3 is 1.31 bits per heavy atom. The van der Waals surface area contributed by atoms with Crippen LogP contribution in [0.4, 0.5) is 0 Å². The van der Waals surface area contributed by atoms with Gasteiger partial charge in [0.25, 0.3) is 0 Å². The van der Waals surface area contributed by atoms with E-state index in [-0.39, 0.29) is 13.0 Å². The molecule has 0 heterocycles. The highest BCUT2D eigenvalue weighted by atomic mass is 31.2. The SMILES string of the molecule is CC/C=C\CCCCCCC/C=C\CCCCCCCCCCCC(O)(C[N+](C)(C)C)P(=O)(O)O. The summed E-state index contributed by atoms with van der Waals surface area (Å²) in [5.41, 5.74) is 0. The maximum atomic E-state index is 11.8. The molecule has 0 bridgehead atoms. The zero-order chi connectivity index (χ0) is 26.5. The molecule has 6 heteroatoms. The molecule has 0 aromatic carbocycles. The van der Waals surface area contributed by atoms with Gasteiger partial charge in [-0.1, -0.05) is 95.4 Å². The van der Waals surface area contributed by atoms with Crippen molar-refractivity contribution in [3.8, 4) is 0 Å². The van der Waals surface area contributed by atoms with Gasteiger partial charge in [0, 0.05) is 0 Å². The summed E-state index contributed by atoms with van der Waals surface area (Å²) in [5, 5.41) is 8.65. The van der Waals surface area contributed by atoms with Gasteiger partial charge in [-0.15, -0.1) is 0 Å². The van der Waals surface area contributed by atoms with E-state index in [0.29, 0.717) is 10.9 Å². The summed E-state index contributed by atoms with van der Waals surface area (Å²) in [7, 11) is 0.976. The highest BCUT2D eigenvalue weighted by Gasteiger charge is 2.48. The minimum atomic E-state index is -4.55. The predicted molar refractivity (Wildman–Crippen MR) is 152 cm³/mol. The fourth-order valence-electron chi connectivity index (χ4n) is 4.56. The van der Waals surface area contributed by atoms with Crippen LogP contribution in [-0.2, 0) is 4.57 Å². The summed E-state index contributed by atoms with van der Waals surface area (Å²) < 4.78 is 12.1. The van der Waals surface area contributed by atoms with Crippen LogP contribution in [0.1, 0.15) is 129 Å². The molecule has 35 heavy (non-hydrogen) atoms. The number of unbranched alkanes of at least 4 members (excludes halogenated alkanes) is 15. The Morgan fingerprint density at radius 2 is 0.971 bits per heavy atom. The Balaban J connectivity index is 3.54. The van der Waals surface area contributed by atoms with Crippen molar-refractivity contribution in [2.24, 2.45) is 0 Å². The number of aliphatic hydroxyl groups is 1. The Labute approximate surface area is 217 Å². The molecule has 3 N–H and O–H groups in total. The fraction of sp³-hybridized carbons (Fsp3) is 0.862. The van der Waals surface area contributed by atoms with Gasteiger partial charge in [0.15, 0.2) is 0 Å². The van der Waals surface area contributed by atoms with Crippen LogP contribution in [0, 0.1) is 0 Å². The van der Waals surface area contributed by atoms with Crippen molar-refractivity contribution < 1.29 is 23.9 Å². The normalized spacial score (nSPS) is 14.8. The van der Waals surface area contributed by atoms with E-state index in [1.807, 2.05) is 21.1 Å². The molecule has 0 aliphatic carbocycles. The first-order valence-electron chi connectivity index (χ1n) is 14.4. The smallest absolute Gasteiger partial charge is 0.362 e. The molecule has 0 aromatic rings. The maximum Gasteiger partial charge on any atom is 0.362 e. The Bertz CT molecular complexity index is 594. The largest absolute Gasteiger partial charge is 0.373 e. The second-order valence-corrected chi connectivity index (χ2v) is 13.3. The first-order chi connectivity index (χ1) is 16.5. The molecule has 0 saturated heterocycles. The summed E-state index contributed by atoms with van der Waals surface area (Å²) in [4.78, 5) is 19.2. The molecular formula is C29H59NO4P+. The number of hydrogen-bond acceptors (Lipinski definition) is 2. The Hall–Kier alpha value is -0.450. The molecular weight excluding hydrogens is 457 g/mol. The van der Waals surface area contributed by atoms with Gasteiger partial charge in [-0.3, -0.25) is 4.57 Å². The third-order valence-corrected chi connectivity index (χ3v) is 7.98. The molecule has 0 aliphatic rings. The molecule has 0 aliphatic heterocycles. The van der Waals surface area contributed by atoms with E-state index in [4.69, 9.17) is 0 Å². The van der Waals surface area contributed by atoms with E-state index in [0.717, 1.165) is 19.3 Å². The lowest BCUT2D eigenvalue weighted by Gasteiger charge is -2.35. The van der Waals surface area contributed by atoms with Crippen LogP contribution in [0.5, 0.6) is 0 Å². The number of nitrogens with zero attached hydrogens (tertiary/aromatic N) is 1. The van der Waals surface area contributed by atoms with Crippen molar-refractivity contribution in [1.82, 2.24) is 0 Å². The van der Waals surface area contributed by atoms with Gasteiger partial charge in [-0.05, 0) is 57.8 Å². The number of allylic oxidation sites excluding steroid dienone is 4. The molecule has 5 nitrogen and oxygen atoms in total.